The topological polar surface area (TPSA) is 114 Å². The third kappa shape index (κ3) is 4.67. The normalized spacial score (nSPS) is 15.5. The van der Waals surface area contributed by atoms with Crippen LogP contribution in [0.1, 0.15) is 43.6 Å². The smallest absolute Gasteiger partial charge is 0.407 e. The van der Waals surface area contributed by atoms with Crippen LogP contribution < -0.4 is 10.6 Å². The molecule has 3 aromatic heterocycles. The molecule has 10 nitrogen and oxygen atoms in total. The third-order valence-electron chi connectivity index (χ3n) is 5.61. The summed E-state index contributed by atoms with van der Waals surface area (Å²) in [6.07, 6.45) is 5.41. The van der Waals surface area contributed by atoms with Gasteiger partial charge in [-0.1, -0.05) is 6.92 Å². The average Bonchev–Trinajstić information content (AvgIpc) is 3.43. The molecule has 2 amide bonds. The van der Waals surface area contributed by atoms with Crippen LogP contribution >= 0.6 is 11.3 Å². The Morgan fingerprint density at radius 1 is 1.31 bits per heavy atom. The first-order valence-corrected chi connectivity index (χ1v) is 11.6. The molecular formula is C21H27N7O3S. The first-order chi connectivity index (χ1) is 15.5. The average molecular weight is 458 g/mol. The Labute approximate surface area is 190 Å². The molecule has 1 aliphatic rings. The molecule has 170 valence electrons. The lowest BCUT2D eigenvalue weighted by molar-refractivity contribution is 0.0698. The Morgan fingerprint density at radius 2 is 2.09 bits per heavy atom. The number of hydrogen-bond donors (Lipinski definition) is 2. The number of hydrogen-bond acceptors (Lipinski definition) is 8. The number of likely N-dealkylation sites (tertiary alicyclic amines) is 1. The molecule has 1 aliphatic heterocycles. The van der Waals surface area contributed by atoms with Gasteiger partial charge in [0.25, 0.3) is 5.91 Å². The van der Waals surface area contributed by atoms with Crippen molar-refractivity contribution in [3.05, 3.63) is 29.5 Å². The van der Waals surface area contributed by atoms with Gasteiger partial charge in [0.05, 0.1) is 18.9 Å². The zero-order valence-electron chi connectivity index (χ0n) is 18.4. The molecule has 1 atom stereocenters. The van der Waals surface area contributed by atoms with E-state index < -0.39 is 6.09 Å². The molecule has 11 heteroatoms. The maximum atomic E-state index is 13.3. The van der Waals surface area contributed by atoms with E-state index in [2.05, 4.69) is 44.3 Å². The van der Waals surface area contributed by atoms with E-state index in [0.717, 1.165) is 16.8 Å². The second kappa shape index (κ2) is 9.51. The van der Waals surface area contributed by atoms with Crippen LogP contribution in [0, 0.1) is 0 Å². The summed E-state index contributed by atoms with van der Waals surface area (Å²) >= 11 is 1.55. The van der Waals surface area contributed by atoms with E-state index in [1.807, 2.05) is 11.6 Å². The molecule has 32 heavy (non-hydrogen) atoms. The summed E-state index contributed by atoms with van der Waals surface area (Å²) < 4.78 is 6.44. The highest BCUT2D eigenvalue weighted by Crippen LogP contribution is 2.27. The van der Waals surface area contributed by atoms with E-state index in [1.54, 1.807) is 33.0 Å². The molecule has 4 rings (SSSR count). The van der Waals surface area contributed by atoms with Crippen molar-refractivity contribution in [2.45, 2.75) is 45.2 Å². The highest BCUT2D eigenvalue weighted by Gasteiger charge is 2.27. The van der Waals surface area contributed by atoms with E-state index >= 15 is 0 Å². The number of anilines is 1. The Morgan fingerprint density at radius 3 is 2.81 bits per heavy atom. The summed E-state index contributed by atoms with van der Waals surface area (Å²) in [6.45, 7) is 5.22. The van der Waals surface area contributed by atoms with Crippen molar-refractivity contribution in [3.8, 4) is 11.4 Å². The van der Waals surface area contributed by atoms with E-state index in [9.17, 15) is 9.59 Å². The van der Waals surface area contributed by atoms with Gasteiger partial charge in [0.15, 0.2) is 5.82 Å². The molecule has 0 spiro atoms. The predicted molar refractivity (Wildman–Crippen MR) is 122 cm³/mol. The van der Waals surface area contributed by atoms with Crippen LogP contribution in [0.3, 0.4) is 0 Å². The van der Waals surface area contributed by atoms with E-state index in [4.69, 9.17) is 0 Å². The van der Waals surface area contributed by atoms with Crippen LogP contribution in [0.5, 0.6) is 0 Å². The number of alkyl carbamates (subject to hydrolysis) is 1. The number of thiazole rings is 1. The molecule has 1 saturated heterocycles. The Kier molecular flexibility index (Phi) is 6.54. The standard InChI is InChI=1S/C21H27N7O3S/c1-4-13(2)23-17-11-16(19(29)27-7-5-14(6-8-27)24-21(30)31-3)25-18(26-17)15-12-22-28-9-10-32-20(15)28/h9-14H,4-8H2,1-3H3,(H,24,30)(H,23,25,26). The second-order valence-corrected chi connectivity index (χ2v) is 8.72. The fourth-order valence-corrected chi connectivity index (χ4v) is 4.39. The number of nitrogens with zero attached hydrogens (tertiary/aromatic N) is 5. The van der Waals surface area contributed by atoms with E-state index in [0.29, 0.717) is 43.3 Å². The maximum absolute atomic E-state index is 13.3. The molecule has 0 saturated carbocycles. The van der Waals surface area contributed by atoms with Gasteiger partial charge in [-0.05, 0) is 26.2 Å². The summed E-state index contributed by atoms with van der Waals surface area (Å²) in [7, 11) is 1.34. The van der Waals surface area contributed by atoms with Crippen molar-refractivity contribution in [2.24, 2.45) is 0 Å². The minimum Gasteiger partial charge on any atom is -0.453 e. The van der Waals surface area contributed by atoms with Gasteiger partial charge in [-0.25, -0.2) is 19.3 Å². The van der Waals surface area contributed by atoms with Crippen molar-refractivity contribution >= 4 is 34.0 Å². The SMILES string of the molecule is CCC(C)Nc1cc(C(=O)N2CCC(NC(=O)OC)CC2)nc(-c2cnn3ccsc23)n1. The van der Waals surface area contributed by atoms with Crippen LogP contribution in [0.15, 0.2) is 23.8 Å². The molecule has 2 N–H and O–H groups in total. The maximum Gasteiger partial charge on any atom is 0.407 e. The molecule has 0 aliphatic carbocycles. The summed E-state index contributed by atoms with van der Waals surface area (Å²) in [5, 5.41) is 12.5. The molecular weight excluding hydrogens is 430 g/mol. The number of carbonyl (C=O) groups excluding carboxylic acids is 2. The zero-order chi connectivity index (χ0) is 22.7. The highest BCUT2D eigenvalue weighted by molar-refractivity contribution is 7.16. The summed E-state index contributed by atoms with van der Waals surface area (Å²) in [5.74, 6) is 0.944. The van der Waals surface area contributed by atoms with Crippen molar-refractivity contribution in [1.82, 2.24) is 29.8 Å². The number of ether oxygens (including phenoxy) is 1. The van der Waals surface area contributed by atoms with Crippen molar-refractivity contribution in [1.29, 1.82) is 0 Å². The molecule has 0 bridgehead atoms. The highest BCUT2D eigenvalue weighted by atomic mass is 32.1. The van der Waals surface area contributed by atoms with Crippen molar-refractivity contribution in [3.63, 3.8) is 0 Å². The van der Waals surface area contributed by atoms with Gasteiger partial charge in [-0.2, -0.15) is 5.10 Å². The predicted octanol–water partition coefficient (Wildman–Crippen LogP) is 3.02. The van der Waals surface area contributed by atoms with Crippen LogP contribution in [0.2, 0.25) is 0 Å². The number of amides is 2. The summed E-state index contributed by atoms with van der Waals surface area (Å²) in [4.78, 5) is 36.7. The molecule has 0 aromatic carbocycles. The number of methoxy groups -OCH3 is 1. The number of fused-ring (bicyclic) bond motifs is 1. The summed E-state index contributed by atoms with van der Waals surface area (Å²) in [6, 6.07) is 1.91. The largest absolute Gasteiger partial charge is 0.453 e. The minimum atomic E-state index is -0.447. The zero-order valence-corrected chi connectivity index (χ0v) is 19.2. The van der Waals surface area contributed by atoms with Gasteiger partial charge in [0, 0.05) is 42.8 Å². The molecule has 3 aromatic rings. The summed E-state index contributed by atoms with van der Waals surface area (Å²) in [5.41, 5.74) is 1.14. The molecule has 1 unspecified atom stereocenters. The number of piperidine rings is 1. The van der Waals surface area contributed by atoms with Gasteiger partial charge in [0.2, 0.25) is 0 Å². The third-order valence-corrected chi connectivity index (χ3v) is 6.50. The Balaban J connectivity index is 1.58. The molecule has 1 fully saturated rings. The van der Waals surface area contributed by atoms with Gasteiger partial charge in [-0.15, -0.1) is 11.3 Å². The Bertz CT molecular complexity index is 1100. The van der Waals surface area contributed by atoms with E-state index in [-0.39, 0.29) is 18.0 Å². The lowest BCUT2D eigenvalue weighted by atomic mass is 10.0. The van der Waals surface area contributed by atoms with Crippen LogP contribution in [-0.2, 0) is 4.74 Å². The number of aromatic nitrogens is 4. The van der Waals surface area contributed by atoms with Crippen molar-refractivity contribution in [2.75, 3.05) is 25.5 Å². The van der Waals surface area contributed by atoms with Gasteiger partial charge < -0.3 is 20.3 Å². The number of carbonyl (C=O) groups is 2. The number of nitrogens with one attached hydrogen (secondary N) is 2. The number of rotatable bonds is 6. The fourth-order valence-electron chi connectivity index (χ4n) is 3.60. The Hall–Kier alpha value is -3.21. The monoisotopic (exact) mass is 457 g/mol. The fraction of sp³-hybridized carbons (Fsp3) is 0.476. The van der Waals surface area contributed by atoms with Gasteiger partial charge in [0.1, 0.15) is 16.3 Å². The van der Waals surface area contributed by atoms with Gasteiger partial charge >= 0.3 is 6.09 Å². The first kappa shape index (κ1) is 22.0. The quantitative estimate of drug-likeness (QED) is 0.585. The second-order valence-electron chi connectivity index (χ2n) is 7.83. The lowest BCUT2D eigenvalue weighted by Gasteiger charge is -2.32. The van der Waals surface area contributed by atoms with Crippen molar-refractivity contribution < 1.29 is 14.3 Å². The minimum absolute atomic E-state index is 0.00498. The van der Waals surface area contributed by atoms with Crippen LogP contribution in [0.25, 0.3) is 16.2 Å². The van der Waals surface area contributed by atoms with Crippen LogP contribution in [-0.4, -0.2) is 68.8 Å². The lowest BCUT2D eigenvalue weighted by Crippen LogP contribution is -2.46. The van der Waals surface area contributed by atoms with Crippen LogP contribution in [0.4, 0.5) is 10.6 Å². The molecule has 0 radical (unpaired) electrons. The molecule has 4 heterocycles. The first-order valence-electron chi connectivity index (χ1n) is 10.7. The van der Waals surface area contributed by atoms with E-state index in [1.165, 1.54) is 7.11 Å². The van der Waals surface area contributed by atoms with Gasteiger partial charge in [-0.3, -0.25) is 4.79 Å².